The fourth-order valence-corrected chi connectivity index (χ4v) is 2.01. The highest BCUT2D eigenvalue weighted by molar-refractivity contribution is 5.74. The van der Waals surface area contributed by atoms with Crippen LogP contribution < -0.4 is 5.32 Å². The first-order valence-electron chi connectivity index (χ1n) is 5.28. The van der Waals surface area contributed by atoms with Gasteiger partial charge in [-0.2, -0.15) is 5.10 Å². The van der Waals surface area contributed by atoms with E-state index in [2.05, 4.69) is 22.4 Å². The molecule has 82 valence electrons. The van der Waals surface area contributed by atoms with Crippen molar-refractivity contribution in [1.82, 2.24) is 20.4 Å². The van der Waals surface area contributed by atoms with Gasteiger partial charge < -0.3 is 10.2 Å². The summed E-state index contributed by atoms with van der Waals surface area (Å²) < 4.78 is 0. The number of fused-ring (bicyclic) bond motifs is 1. The molecule has 1 aliphatic rings. The van der Waals surface area contributed by atoms with Gasteiger partial charge in [0.1, 0.15) is 0 Å². The molecule has 2 rings (SSSR count). The molecule has 0 aromatic carbocycles. The molecule has 1 aromatic heterocycles. The van der Waals surface area contributed by atoms with E-state index in [1.165, 1.54) is 5.56 Å². The number of aromatic amines is 1. The van der Waals surface area contributed by atoms with E-state index in [1.54, 1.807) is 11.9 Å². The normalized spacial score (nSPS) is 14.9. The fraction of sp³-hybridized carbons (Fsp3) is 0.600. The topological polar surface area (TPSA) is 61.0 Å². The molecule has 5 heteroatoms. The van der Waals surface area contributed by atoms with Gasteiger partial charge in [0.25, 0.3) is 0 Å². The maximum absolute atomic E-state index is 11.4. The molecule has 0 radical (unpaired) electrons. The number of rotatable bonds is 1. The summed E-state index contributed by atoms with van der Waals surface area (Å²) in [4.78, 5) is 13.2. The number of hydrogen-bond acceptors (Lipinski definition) is 2. The van der Waals surface area contributed by atoms with Crippen LogP contribution in [0.15, 0.2) is 0 Å². The van der Waals surface area contributed by atoms with E-state index < -0.39 is 0 Å². The molecule has 5 nitrogen and oxygen atoms in total. The van der Waals surface area contributed by atoms with E-state index in [0.29, 0.717) is 6.54 Å². The summed E-state index contributed by atoms with van der Waals surface area (Å²) in [6.45, 7) is 3.52. The molecule has 1 aliphatic heterocycles. The Morgan fingerprint density at radius 2 is 2.47 bits per heavy atom. The number of aromatic nitrogens is 2. The lowest BCUT2D eigenvalue weighted by molar-refractivity contribution is 0.194. The average Bonchev–Trinajstić information content (AvgIpc) is 2.69. The Balaban J connectivity index is 2.17. The van der Waals surface area contributed by atoms with Crippen LogP contribution in [0.5, 0.6) is 0 Å². The van der Waals surface area contributed by atoms with E-state index in [0.717, 1.165) is 30.8 Å². The first-order chi connectivity index (χ1) is 7.26. The van der Waals surface area contributed by atoms with Crippen molar-refractivity contribution in [3.05, 3.63) is 17.0 Å². The third-order valence-electron chi connectivity index (χ3n) is 2.86. The summed E-state index contributed by atoms with van der Waals surface area (Å²) >= 11 is 0. The smallest absolute Gasteiger partial charge is 0.317 e. The Hall–Kier alpha value is -1.52. The third-order valence-corrected chi connectivity index (χ3v) is 2.86. The van der Waals surface area contributed by atoms with E-state index in [4.69, 9.17) is 0 Å². The van der Waals surface area contributed by atoms with Crippen LogP contribution in [0.25, 0.3) is 0 Å². The Morgan fingerprint density at radius 1 is 1.67 bits per heavy atom. The van der Waals surface area contributed by atoms with Crippen molar-refractivity contribution >= 4 is 6.03 Å². The number of carbonyl (C=O) groups excluding carboxylic acids is 1. The molecule has 0 aliphatic carbocycles. The van der Waals surface area contributed by atoms with Gasteiger partial charge in [0.05, 0.1) is 17.9 Å². The van der Waals surface area contributed by atoms with E-state index >= 15 is 0 Å². The predicted octanol–water partition coefficient (Wildman–Crippen LogP) is 0.670. The van der Waals surface area contributed by atoms with Crippen molar-refractivity contribution in [2.75, 3.05) is 13.6 Å². The first kappa shape index (κ1) is 10.0. The Kier molecular flexibility index (Phi) is 2.62. The minimum Gasteiger partial charge on any atom is -0.341 e. The lowest BCUT2D eigenvalue weighted by atomic mass is 10.0. The highest BCUT2D eigenvalue weighted by atomic mass is 16.2. The van der Waals surface area contributed by atoms with Gasteiger partial charge >= 0.3 is 6.03 Å². The standard InChI is InChI=1S/C10H16N4O/c1-3-8-7-4-5-14(10(15)11-2)6-9(7)13-12-8/h3-6H2,1-2H3,(H,11,15)(H,12,13). The molecule has 1 aromatic rings. The SMILES string of the molecule is CCc1n[nH]c2c1CCN(C(=O)NC)C2. The third kappa shape index (κ3) is 1.69. The summed E-state index contributed by atoms with van der Waals surface area (Å²) in [5, 5.41) is 9.91. The van der Waals surface area contributed by atoms with Crippen molar-refractivity contribution in [3.8, 4) is 0 Å². The van der Waals surface area contributed by atoms with Crippen molar-refractivity contribution in [2.24, 2.45) is 0 Å². The number of amides is 2. The predicted molar refractivity (Wildman–Crippen MR) is 56.5 cm³/mol. The fourth-order valence-electron chi connectivity index (χ4n) is 2.01. The van der Waals surface area contributed by atoms with Crippen LogP contribution in [0, 0.1) is 0 Å². The van der Waals surface area contributed by atoms with Gasteiger partial charge in [-0.15, -0.1) is 0 Å². The Bertz CT molecular complexity index is 371. The second-order valence-corrected chi connectivity index (χ2v) is 3.71. The van der Waals surface area contributed by atoms with Crippen LogP contribution in [0.4, 0.5) is 4.79 Å². The summed E-state index contributed by atoms with van der Waals surface area (Å²) in [6.07, 6.45) is 1.86. The van der Waals surface area contributed by atoms with Crippen molar-refractivity contribution < 1.29 is 4.79 Å². The van der Waals surface area contributed by atoms with Gasteiger partial charge in [0.15, 0.2) is 0 Å². The number of hydrogen-bond donors (Lipinski definition) is 2. The molecule has 0 saturated carbocycles. The molecule has 0 saturated heterocycles. The van der Waals surface area contributed by atoms with Crippen molar-refractivity contribution in [2.45, 2.75) is 26.3 Å². The Labute approximate surface area is 88.8 Å². The Morgan fingerprint density at radius 3 is 3.13 bits per heavy atom. The van der Waals surface area contributed by atoms with Crippen LogP contribution in [-0.4, -0.2) is 34.7 Å². The molecule has 2 N–H and O–H groups in total. The van der Waals surface area contributed by atoms with Crippen LogP contribution in [0.3, 0.4) is 0 Å². The lowest BCUT2D eigenvalue weighted by Gasteiger charge is -2.26. The second-order valence-electron chi connectivity index (χ2n) is 3.71. The molecule has 0 unspecified atom stereocenters. The highest BCUT2D eigenvalue weighted by Gasteiger charge is 2.23. The molecule has 0 fully saturated rings. The number of urea groups is 1. The zero-order valence-corrected chi connectivity index (χ0v) is 9.13. The minimum absolute atomic E-state index is 0.0201. The van der Waals surface area contributed by atoms with Gasteiger partial charge in [-0.3, -0.25) is 5.10 Å². The van der Waals surface area contributed by atoms with E-state index in [1.807, 2.05) is 0 Å². The van der Waals surface area contributed by atoms with E-state index in [-0.39, 0.29) is 6.03 Å². The second kappa shape index (κ2) is 3.92. The van der Waals surface area contributed by atoms with Gasteiger partial charge in [0.2, 0.25) is 0 Å². The maximum atomic E-state index is 11.4. The molecule has 15 heavy (non-hydrogen) atoms. The van der Waals surface area contributed by atoms with Crippen LogP contribution in [-0.2, 0) is 19.4 Å². The van der Waals surface area contributed by atoms with E-state index in [9.17, 15) is 4.79 Å². The monoisotopic (exact) mass is 208 g/mol. The summed E-state index contributed by atoms with van der Waals surface area (Å²) in [5.74, 6) is 0. The zero-order valence-electron chi connectivity index (χ0n) is 9.13. The first-order valence-corrected chi connectivity index (χ1v) is 5.28. The van der Waals surface area contributed by atoms with Crippen LogP contribution >= 0.6 is 0 Å². The summed E-state index contributed by atoms with van der Waals surface area (Å²) in [7, 11) is 1.66. The van der Waals surface area contributed by atoms with Crippen LogP contribution in [0.2, 0.25) is 0 Å². The van der Waals surface area contributed by atoms with Crippen molar-refractivity contribution in [3.63, 3.8) is 0 Å². The average molecular weight is 208 g/mol. The molecule has 0 bridgehead atoms. The lowest BCUT2D eigenvalue weighted by Crippen LogP contribution is -2.41. The molecular weight excluding hydrogens is 192 g/mol. The van der Waals surface area contributed by atoms with Gasteiger partial charge in [-0.25, -0.2) is 4.79 Å². The molecule has 2 amide bonds. The summed E-state index contributed by atoms with van der Waals surface area (Å²) in [5.41, 5.74) is 3.53. The number of H-pyrrole nitrogens is 1. The number of carbonyl (C=O) groups is 1. The number of nitrogens with zero attached hydrogens (tertiary/aromatic N) is 2. The number of nitrogens with one attached hydrogen (secondary N) is 2. The molecular formula is C10H16N4O. The molecule has 2 heterocycles. The zero-order chi connectivity index (χ0) is 10.8. The molecule has 0 atom stereocenters. The number of aryl methyl sites for hydroxylation is 1. The van der Waals surface area contributed by atoms with Crippen molar-refractivity contribution in [1.29, 1.82) is 0 Å². The van der Waals surface area contributed by atoms with Gasteiger partial charge in [-0.05, 0) is 18.4 Å². The van der Waals surface area contributed by atoms with Gasteiger partial charge in [-0.1, -0.05) is 6.92 Å². The van der Waals surface area contributed by atoms with Gasteiger partial charge in [0, 0.05) is 13.6 Å². The van der Waals surface area contributed by atoms with Crippen LogP contribution in [0.1, 0.15) is 23.9 Å². The maximum Gasteiger partial charge on any atom is 0.317 e. The summed E-state index contributed by atoms with van der Waals surface area (Å²) in [6, 6.07) is -0.0201. The molecule has 0 spiro atoms. The minimum atomic E-state index is -0.0201. The largest absolute Gasteiger partial charge is 0.341 e. The highest BCUT2D eigenvalue weighted by Crippen LogP contribution is 2.20. The quantitative estimate of drug-likeness (QED) is 0.712.